The van der Waals surface area contributed by atoms with Crippen molar-refractivity contribution in [3.63, 3.8) is 0 Å². The lowest BCUT2D eigenvalue weighted by Gasteiger charge is -2.16. The number of para-hydroxylation sites is 1. The molecule has 164 valence electrons. The molecule has 2 amide bonds. The summed E-state index contributed by atoms with van der Waals surface area (Å²) in [6.45, 7) is 5.66. The van der Waals surface area contributed by atoms with Crippen LogP contribution in [0.1, 0.15) is 41.3 Å². The number of hydrogen-bond acceptors (Lipinski definition) is 6. The number of hydrazine groups is 1. The predicted octanol–water partition coefficient (Wildman–Crippen LogP) is 3.50. The van der Waals surface area contributed by atoms with Crippen molar-refractivity contribution < 1.29 is 19.2 Å². The van der Waals surface area contributed by atoms with Crippen LogP contribution in [0.4, 0.5) is 5.69 Å². The number of benzene rings is 2. The van der Waals surface area contributed by atoms with Crippen LogP contribution in [0.25, 0.3) is 0 Å². The maximum absolute atomic E-state index is 12.2. The van der Waals surface area contributed by atoms with Gasteiger partial charge in [-0.05, 0) is 54.4 Å². The monoisotopic (exact) mass is 508 g/mol. The SMILES string of the molecule is Cc1cc(OCC(=O)NC(=S)NNC(=O)c2ccccc2[N+](=O)[O-])c(C(C)C)cc1Br. The molecule has 31 heavy (non-hydrogen) atoms. The number of carbonyl (C=O) groups is 2. The summed E-state index contributed by atoms with van der Waals surface area (Å²) in [7, 11) is 0. The minimum atomic E-state index is -0.771. The van der Waals surface area contributed by atoms with E-state index in [1.165, 1.54) is 24.3 Å². The molecule has 2 aromatic rings. The van der Waals surface area contributed by atoms with E-state index in [1.54, 1.807) is 0 Å². The van der Waals surface area contributed by atoms with Crippen LogP contribution in [0, 0.1) is 17.0 Å². The second-order valence-electron chi connectivity index (χ2n) is 6.81. The number of halogens is 1. The Bertz CT molecular complexity index is 1030. The van der Waals surface area contributed by atoms with Gasteiger partial charge in [0.2, 0.25) is 0 Å². The van der Waals surface area contributed by atoms with Crippen molar-refractivity contribution in [3.05, 3.63) is 67.7 Å². The molecule has 0 heterocycles. The third kappa shape index (κ3) is 6.72. The highest BCUT2D eigenvalue weighted by atomic mass is 79.9. The molecule has 3 N–H and O–H groups in total. The number of aryl methyl sites for hydroxylation is 1. The van der Waals surface area contributed by atoms with E-state index in [4.69, 9.17) is 17.0 Å². The van der Waals surface area contributed by atoms with Gasteiger partial charge in [-0.15, -0.1) is 0 Å². The number of nitro groups is 1. The molecule has 0 saturated heterocycles. The average Bonchev–Trinajstić information content (AvgIpc) is 2.72. The van der Waals surface area contributed by atoms with Gasteiger partial charge in [0.05, 0.1) is 4.92 Å². The normalized spacial score (nSPS) is 10.4. The number of nitro benzene ring substituents is 1. The smallest absolute Gasteiger partial charge is 0.282 e. The molecular weight excluding hydrogens is 488 g/mol. The minimum Gasteiger partial charge on any atom is -0.483 e. The Balaban J connectivity index is 1.90. The van der Waals surface area contributed by atoms with Gasteiger partial charge in [-0.2, -0.15) is 0 Å². The molecule has 0 aliphatic carbocycles. The zero-order valence-electron chi connectivity index (χ0n) is 17.0. The third-order valence-electron chi connectivity index (χ3n) is 4.16. The van der Waals surface area contributed by atoms with Gasteiger partial charge in [-0.25, -0.2) is 0 Å². The molecule has 0 spiro atoms. The first-order valence-electron chi connectivity index (χ1n) is 9.16. The molecule has 11 heteroatoms. The predicted molar refractivity (Wildman–Crippen MR) is 123 cm³/mol. The average molecular weight is 509 g/mol. The molecule has 0 aliphatic rings. The molecule has 0 unspecified atom stereocenters. The zero-order chi connectivity index (χ0) is 23.1. The number of hydrogen-bond donors (Lipinski definition) is 3. The summed E-state index contributed by atoms with van der Waals surface area (Å²) in [6, 6.07) is 9.26. The molecule has 0 bridgehead atoms. The van der Waals surface area contributed by atoms with Gasteiger partial charge in [0, 0.05) is 10.5 Å². The van der Waals surface area contributed by atoms with E-state index >= 15 is 0 Å². The van der Waals surface area contributed by atoms with Crippen molar-refractivity contribution in [2.24, 2.45) is 0 Å². The van der Waals surface area contributed by atoms with Crippen molar-refractivity contribution in [3.8, 4) is 5.75 Å². The Hall–Kier alpha value is -3.05. The quantitative estimate of drug-likeness (QED) is 0.310. The number of rotatable bonds is 6. The van der Waals surface area contributed by atoms with Gasteiger partial charge in [-0.3, -0.25) is 35.9 Å². The van der Waals surface area contributed by atoms with Crippen LogP contribution in [0.15, 0.2) is 40.9 Å². The van der Waals surface area contributed by atoms with Crippen LogP contribution in [0.5, 0.6) is 5.75 Å². The second kappa shape index (κ2) is 10.8. The van der Waals surface area contributed by atoms with Crippen molar-refractivity contribution in [2.75, 3.05) is 6.61 Å². The topological polar surface area (TPSA) is 123 Å². The minimum absolute atomic E-state index is 0.149. The highest BCUT2D eigenvalue weighted by Gasteiger charge is 2.19. The van der Waals surface area contributed by atoms with Crippen molar-refractivity contribution in [1.82, 2.24) is 16.2 Å². The fraction of sp³-hybridized carbons (Fsp3) is 0.250. The van der Waals surface area contributed by atoms with Crippen LogP contribution < -0.4 is 20.9 Å². The summed E-state index contributed by atoms with van der Waals surface area (Å²) in [5.74, 6) is -0.524. The van der Waals surface area contributed by atoms with Gasteiger partial charge in [-0.1, -0.05) is 41.9 Å². The van der Waals surface area contributed by atoms with Crippen LogP contribution >= 0.6 is 28.1 Å². The zero-order valence-corrected chi connectivity index (χ0v) is 19.4. The van der Waals surface area contributed by atoms with E-state index in [-0.39, 0.29) is 28.9 Å². The summed E-state index contributed by atoms with van der Waals surface area (Å²) in [4.78, 5) is 34.6. The molecule has 2 aromatic carbocycles. The summed E-state index contributed by atoms with van der Waals surface area (Å²) in [5.41, 5.74) is 5.97. The fourth-order valence-electron chi connectivity index (χ4n) is 2.59. The lowest BCUT2D eigenvalue weighted by Crippen LogP contribution is -2.49. The molecule has 2 rings (SSSR count). The molecule has 0 atom stereocenters. The highest BCUT2D eigenvalue weighted by molar-refractivity contribution is 9.10. The first-order chi connectivity index (χ1) is 14.6. The van der Waals surface area contributed by atoms with E-state index < -0.39 is 16.7 Å². The lowest BCUT2D eigenvalue weighted by molar-refractivity contribution is -0.385. The summed E-state index contributed by atoms with van der Waals surface area (Å²) < 4.78 is 6.60. The van der Waals surface area contributed by atoms with Gasteiger partial charge >= 0.3 is 0 Å². The summed E-state index contributed by atoms with van der Waals surface area (Å²) >= 11 is 8.45. The van der Waals surface area contributed by atoms with E-state index in [1.807, 2.05) is 32.9 Å². The Morgan fingerprint density at radius 3 is 2.55 bits per heavy atom. The van der Waals surface area contributed by atoms with Crippen LogP contribution in [-0.4, -0.2) is 28.5 Å². The van der Waals surface area contributed by atoms with Gasteiger partial charge in [0.15, 0.2) is 11.7 Å². The molecule has 0 radical (unpaired) electrons. The Kier molecular flexibility index (Phi) is 8.46. The third-order valence-corrected chi connectivity index (χ3v) is 5.22. The van der Waals surface area contributed by atoms with Crippen LogP contribution in [-0.2, 0) is 4.79 Å². The molecular formula is C20H21BrN4O5S. The van der Waals surface area contributed by atoms with Gasteiger partial charge in [0.1, 0.15) is 11.3 Å². The first-order valence-corrected chi connectivity index (χ1v) is 10.4. The van der Waals surface area contributed by atoms with Crippen LogP contribution in [0.2, 0.25) is 0 Å². The number of ether oxygens (including phenoxy) is 1. The second-order valence-corrected chi connectivity index (χ2v) is 8.08. The van der Waals surface area contributed by atoms with Gasteiger partial charge < -0.3 is 4.74 Å². The Morgan fingerprint density at radius 1 is 1.23 bits per heavy atom. The number of nitrogens with one attached hydrogen (secondary N) is 3. The first kappa shape index (κ1) is 24.2. The lowest BCUT2D eigenvalue weighted by atomic mass is 10.0. The number of amides is 2. The molecule has 0 aromatic heterocycles. The van der Waals surface area contributed by atoms with Gasteiger partial charge in [0.25, 0.3) is 17.5 Å². The van der Waals surface area contributed by atoms with Crippen molar-refractivity contribution >= 4 is 50.8 Å². The maximum atomic E-state index is 12.2. The molecule has 0 aliphatic heterocycles. The number of thiocarbonyl (C=S) groups is 1. The van der Waals surface area contributed by atoms with E-state index in [9.17, 15) is 19.7 Å². The summed E-state index contributed by atoms with van der Waals surface area (Å²) in [5, 5.41) is 13.2. The largest absolute Gasteiger partial charge is 0.483 e. The standard InChI is InChI=1S/C20H21BrN4O5S/c1-11(2)14-9-15(21)12(3)8-17(14)30-10-18(26)22-20(31)24-23-19(27)13-6-4-5-7-16(13)25(28)29/h4-9,11H,10H2,1-3H3,(H,23,27)(H2,22,24,26,31). The highest BCUT2D eigenvalue weighted by Crippen LogP contribution is 2.32. The summed E-state index contributed by atoms with van der Waals surface area (Å²) in [6.07, 6.45) is 0. The van der Waals surface area contributed by atoms with E-state index in [2.05, 4.69) is 32.1 Å². The van der Waals surface area contributed by atoms with E-state index in [0.717, 1.165) is 15.6 Å². The molecule has 9 nitrogen and oxygen atoms in total. The van der Waals surface area contributed by atoms with Crippen molar-refractivity contribution in [1.29, 1.82) is 0 Å². The number of nitrogens with zero attached hydrogens (tertiary/aromatic N) is 1. The van der Waals surface area contributed by atoms with Crippen molar-refractivity contribution in [2.45, 2.75) is 26.7 Å². The Morgan fingerprint density at radius 2 is 1.90 bits per heavy atom. The van der Waals surface area contributed by atoms with Crippen LogP contribution in [0.3, 0.4) is 0 Å². The van der Waals surface area contributed by atoms with E-state index in [0.29, 0.717) is 5.75 Å². The Labute approximate surface area is 192 Å². The molecule has 0 saturated carbocycles. The number of carbonyl (C=O) groups excluding carboxylic acids is 2. The maximum Gasteiger partial charge on any atom is 0.282 e. The molecule has 0 fully saturated rings. The fourth-order valence-corrected chi connectivity index (χ4v) is 3.12.